The fraction of sp³-hybridized carbons (Fsp3) is 0.846. The smallest absolute Gasteiger partial charge is 0.237 e. The molecule has 0 radical (unpaired) electrons. The molecule has 0 bridgehead atoms. The van der Waals surface area contributed by atoms with E-state index in [1.165, 1.54) is 12.8 Å². The molecule has 3 unspecified atom stereocenters. The molecular weight excluding hydrogens is 200 g/mol. The van der Waals surface area contributed by atoms with E-state index in [1.807, 2.05) is 13.8 Å². The molecule has 3 atom stereocenters. The lowest BCUT2D eigenvalue weighted by Crippen LogP contribution is -2.42. The lowest BCUT2D eigenvalue weighted by Gasteiger charge is -2.28. The Morgan fingerprint density at radius 1 is 1.44 bits per heavy atom. The Bertz CT molecular complexity index is 280. The molecule has 1 aliphatic carbocycles. The number of hydrogen-bond acceptors (Lipinski definition) is 2. The summed E-state index contributed by atoms with van der Waals surface area (Å²) in [5.74, 6) is 0.193. The van der Waals surface area contributed by atoms with Gasteiger partial charge >= 0.3 is 0 Å². The van der Waals surface area contributed by atoms with E-state index in [9.17, 15) is 4.79 Å². The van der Waals surface area contributed by atoms with Crippen LogP contribution in [-0.4, -0.2) is 11.9 Å². The van der Waals surface area contributed by atoms with Gasteiger partial charge in [0.25, 0.3) is 0 Å². The topological polar surface area (TPSA) is 52.9 Å². The molecule has 0 spiro atoms. The number of nitrogens with one attached hydrogen (secondary N) is 1. The highest BCUT2D eigenvalue weighted by molar-refractivity contribution is 5.81. The lowest BCUT2D eigenvalue weighted by atomic mass is 9.86. The van der Waals surface area contributed by atoms with Crippen LogP contribution in [-0.2, 0) is 4.79 Å². The summed E-state index contributed by atoms with van der Waals surface area (Å²) in [5.41, 5.74) is 0. The van der Waals surface area contributed by atoms with Crippen LogP contribution < -0.4 is 5.32 Å². The minimum atomic E-state index is -0.503. The summed E-state index contributed by atoms with van der Waals surface area (Å²) in [6.45, 7) is 6.05. The molecule has 1 N–H and O–H groups in total. The van der Waals surface area contributed by atoms with E-state index in [0.717, 1.165) is 12.8 Å². The van der Waals surface area contributed by atoms with E-state index in [1.54, 1.807) is 0 Å². The molecule has 3 nitrogen and oxygen atoms in total. The predicted molar refractivity (Wildman–Crippen MR) is 63.5 cm³/mol. The largest absolute Gasteiger partial charge is 0.352 e. The van der Waals surface area contributed by atoms with Crippen LogP contribution in [0.3, 0.4) is 0 Å². The van der Waals surface area contributed by atoms with Crippen LogP contribution in [0.2, 0.25) is 0 Å². The van der Waals surface area contributed by atoms with Crippen molar-refractivity contribution < 1.29 is 4.79 Å². The quantitative estimate of drug-likeness (QED) is 0.797. The minimum absolute atomic E-state index is 0.0865. The van der Waals surface area contributed by atoms with Gasteiger partial charge in [-0.2, -0.15) is 5.26 Å². The van der Waals surface area contributed by atoms with E-state index in [2.05, 4.69) is 18.3 Å². The highest BCUT2D eigenvalue weighted by Crippen LogP contribution is 2.24. The van der Waals surface area contributed by atoms with Crippen molar-refractivity contribution in [3.63, 3.8) is 0 Å². The molecule has 0 saturated heterocycles. The Morgan fingerprint density at radius 2 is 2.12 bits per heavy atom. The van der Waals surface area contributed by atoms with Crippen LogP contribution in [0.25, 0.3) is 0 Å². The summed E-state index contributed by atoms with van der Waals surface area (Å²) in [4.78, 5) is 11.9. The van der Waals surface area contributed by atoms with E-state index in [4.69, 9.17) is 5.26 Å². The molecule has 3 heteroatoms. The van der Waals surface area contributed by atoms with Crippen molar-refractivity contribution in [1.82, 2.24) is 5.32 Å². The summed E-state index contributed by atoms with van der Waals surface area (Å²) in [7, 11) is 0. The molecule has 16 heavy (non-hydrogen) atoms. The summed E-state index contributed by atoms with van der Waals surface area (Å²) >= 11 is 0. The first-order valence-electron chi connectivity index (χ1n) is 6.24. The Morgan fingerprint density at radius 3 is 2.62 bits per heavy atom. The molecule has 0 aromatic rings. The molecule has 1 fully saturated rings. The first-order chi connectivity index (χ1) is 7.54. The van der Waals surface area contributed by atoms with Gasteiger partial charge in [0, 0.05) is 6.04 Å². The second kappa shape index (κ2) is 5.89. The first kappa shape index (κ1) is 13.0. The molecule has 0 aromatic heterocycles. The van der Waals surface area contributed by atoms with Gasteiger partial charge in [0.15, 0.2) is 0 Å². The second-order valence-electron chi connectivity index (χ2n) is 5.33. The number of carbonyl (C=O) groups excluding carboxylic acids is 1. The van der Waals surface area contributed by atoms with Crippen molar-refractivity contribution >= 4 is 5.91 Å². The minimum Gasteiger partial charge on any atom is -0.352 e. The molecular formula is C13H22N2O. The number of nitriles is 1. The Balaban J connectivity index is 2.47. The molecule has 0 aliphatic heterocycles. The van der Waals surface area contributed by atoms with Crippen LogP contribution in [0, 0.1) is 29.1 Å². The zero-order valence-electron chi connectivity index (χ0n) is 10.5. The van der Waals surface area contributed by atoms with Crippen molar-refractivity contribution in [1.29, 1.82) is 5.26 Å². The Labute approximate surface area is 98.2 Å². The Kier molecular flexibility index (Phi) is 4.79. The van der Waals surface area contributed by atoms with Crippen molar-refractivity contribution in [2.45, 2.75) is 52.5 Å². The molecule has 0 heterocycles. The van der Waals surface area contributed by atoms with Gasteiger partial charge in [0.2, 0.25) is 5.91 Å². The standard InChI is InChI=1S/C13H22N2O/c1-9(2)12(8-14)13(16)15-11-6-4-5-10(3)7-11/h9-12H,4-7H2,1-3H3,(H,15,16). The van der Waals surface area contributed by atoms with Crippen LogP contribution in [0.4, 0.5) is 0 Å². The fourth-order valence-electron chi connectivity index (χ4n) is 2.37. The SMILES string of the molecule is CC1CCCC(NC(=O)C(C#N)C(C)C)C1. The van der Waals surface area contributed by atoms with Crippen molar-refractivity contribution in [3.05, 3.63) is 0 Å². The van der Waals surface area contributed by atoms with Crippen LogP contribution in [0.15, 0.2) is 0 Å². The normalized spacial score (nSPS) is 27.2. The maximum atomic E-state index is 11.9. The third kappa shape index (κ3) is 3.52. The van der Waals surface area contributed by atoms with Crippen molar-refractivity contribution in [3.8, 4) is 6.07 Å². The number of amides is 1. The van der Waals surface area contributed by atoms with Crippen LogP contribution in [0.1, 0.15) is 46.5 Å². The summed E-state index contributed by atoms with van der Waals surface area (Å²) in [6.07, 6.45) is 4.57. The van der Waals surface area contributed by atoms with Crippen LogP contribution in [0.5, 0.6) is 0 Å². The first-order valence-corrected chi connectivity index (χ1v) is 6.24. The number of nitrogens with zero attached hydrogens (tertiary/aromatic N) is 1. The molecule has 0 aromatic carbocycles. The van der Waals surface area contributed by atoms with E-state index in [0.29, 0.717) is 5.92 Å². The zero-order chi connectivity index (χ0) is 12.1. The van der Waals surface area contributed by atoms with E-state index >= 15 is 0 Å². The highest BCUT2D eigenvalue weighted by atomic mass is 16.1. The molecule has 1 rings (SSSR count). The van der Waals surface area contributed by atoms with Gasteiger partial charge in [-0.05, 0) is 24.7 Å². The number of hydrogen-bond donors (Lipinski definition) is 1. The second-order valence-corrected chi connectivity index (χ2v) is 5.33. The average molecular weight is 222 g/mol. The summed E-state index contributed by atoms with van der Waals surface area (Å²) in [5, 5.41) is 12.0. The number of carbonyl (C=O) groups is 1. The van der Waals surface area contributed by atoms with Crippen molar-refractivity contribution in [2.24, 2.45) is 17.8 Å². The van der Waals surface area contributed by atoms with Gasteiger partial charge in [-0.25, -0.2) is 0 Å². The van der Waals surface area contributed by atoms with E-state index in [-0.39, 0.29) is 17.9 Å². The molecule has 1 saturated carbocycles. The van der Waals surface area contributed by atoms with E-state index < -0.39 is 5.92 Å². The van der Waals surface area contributed by atoms with Gasteiger partial charge in [-0.3, -0.25) is 4.79 Å². The maximum Gasteiger partial charge on any atom is 0.237 e. The molecule has 1 amide bonds. The zero-order valence-corrected chi connectivity index (χ0v) is 10.5. The van der Waals surface area contributed by atoms with Gasteiger partial charge in [0.05, 0.1) is 6.07 Å². The summed E-state index contributed by atoms with van der Waals surface area (Å²) < 4.78 is 0. The summed E-state index contributed by atoms with van der Waals surface area (Å²) in [6, 6.07) is 2.37. The molecule has 1 aliphatic rings. The van der Waals surface area contributed by atoms with Gasteiger partial charge < -0.3 is 5.32 Å². The molecule has 90 valence electrons. The predicted octanol–water partition coefficient (Wildman–Crippen LogP) is 2.48. The third-order valence-corrected chi connectivity index (χ3v) is 3.37. The maximum absolute atomic E-state index is 11.9. The van der Waals surface area contributed by atoms with Crippen molar-refractivity contribution in [2.75, 3.05) is 0 Å². The Hall–Kier alpha value is -1.04. The average Bonchev–Trinajstić information content (AvgIpc) is 2.17. The fourth-order valence-corrected chi connectivity index (χ4v) is 2.37. The number of rotatable bonds is 3. The third-order valence-electron chi connectivity index (χ3n) is 3.37. The van der Waals surface area contributed by atoms with Crippen LogP contribution >= 0.6 is 0 Å². The van der Waals surface area contributed by atoms with Gasteiger partial charge in [0.1, 0.15) is 5.92 Å². The lowest BCUT2D eigenvalue weighted by molar-refractivity contribution is -0.125. The monoisotopic (exact) mass is 222 g/mol. The van der Waals surface area contributed by atoms with Gasteiger partial charge in [-0.1, -0.05) is 33.6 Å². The highest BCUT2D eigenvalue weighted by Gasteiger charge is 2.26. The van der Waals surface area contributed by atoms with Gasteiger partial charge in [-0.15, -0.1) is 0 Å².